The third-order valence-corrected chi connectivity index (χ3v) is 4.58. The summed E-state index contributed by atoms with van der Waals surface area (Å²) in [6, 6.07) is 20.4. The van der Waals surface area contributed by atoms with Crippen molar-refractivity contribution in [2.75, 3.05) is 13.1 Å². The van der Waals surface area contributed by atoms with Crippen LogP contribution in [0, 0.1) is 0 Å². The molecule has 0 aliphatic carbocycles. The summed E-state index contributed by atoms with van der Waals surface area (Å²) >= 11 is 0. The fourth-order valence-corrected chi connectivity index (χ4v) is 3.39. The first-order chi connectivity index (χ1) is 11.8. The first-order valence-corrected chi connectivity index (χ1v) is 8.53. The van der Waals surface area contributed by atoms with Gasteiger partial charge in [0.05, 0.1) is 0 Å². The molecule has 0 radical (unpaired) electrons. The number of likely N-dealkylation sites (tertiary alicyclic amines) is 1. The van der Waals surface area contributed by atoms with Gasteiger partial charge in [0, 0.05) is 6.54 Å². The summed E-state index contributed by atoms with van der Waals surface area (Å²) in [5, 5.41) is 9.29. The number of carboxylic acids is 1. The molecule has 1 atom stereocenters. The van der Waals surface area contributed by atoms with Crippen molar-refractivity contribution in [2.45, 2.75) is 25.3 Å². The van der Waals surface area contributed by atoms with E-state index in [4.69, 9.17) is 0 Å². The summed E-state index contributed by atoms with van der Waals surface area (Å²) in [4.78, 5) is 13.4. The molecule has 0 bridgehead atoms. The summed E-state index contributed by atoms with van der Waals surface area (Å²) in [5.74, 6) is -0.692. The Hall–Kier alpha value is -2.10. The predicted molar refractivity (Wildman–Crippen MR) is 104 cm³/mol. The van der Waals surface area contributed by atoms with Gasteiger partial charge in [0.25, 0.3) is 0 Å². The zero-order chi connectivity index (χ0) is 16.8. The van der Waals surface area contributed by atoms with E-state index in [2.05, 4.69) is 35.2 Å². The number of nitrogens with zero attached hydrogens (tertiary/aromatic N) is 1. The van der Waals surface area contributed by atoms with Crippen LogP contribution >= 0.6 is 12.4 Å². The normalized spacial score (nSPS) is 16.9. The Bertz CT molecular complexity index is 659. The Kier molecular flexibility index (Phi) is 7.23. The average molecular weight is 358 g/mol. The zero-order valence-electron chi connectivity index (χ0n) is 14.2. The van der Waals surface area contributed by atoms with Gasteiger partial charge in [0.15, 0.2) is 0 Å². The van der Waals surface area contributed by atoms with Gasteiger partial charge in [-0.15, -0.1) is 12.4 Å². The summed E-state index contributed by atoms with van der Waals surface area (Å²) in [7, 11) is 0. The molecular weight excluding hydrogens is 334 g/mol. The molecule has 2 aromatic rings. The molecule has 1 saturated heterocycles. The van der Waals surface area contributed by atoms with Crippen LogP contribution in [0.3, 0.4) is 0 Å². The first-order valence-electron chi connectivity index (χ1n) is 8.53. The van der Waals surface area contributed by atoms with E-state index < -0.39 is 5.97 Å². The quantitative estimate of drug-likeness (QED) is 0.828. The van der Waals surface area contributed by atoms with Crippen molar-refractivity contribution in [3.8, 4) is 0 Å². The van der Waals surface area contributed by atoms with E-state index in [1.165, 1.54) is 16.7 Å². The molecule has 0 spiro atoms. The van der Waals surface area contributed by atoms with Crippen LogP contribution in [0.2, 0.25) is 0 Å². The van der Waals surface area contributed by atoms with Gasteiger partial charge < -0.3 is 5.11 Å². The van der Waals surface area contributed by atoms with Gasteiger partial charge in [0.1, 0.15) is 6.04 Å². The third-order valence-electron chi connectivity index (χ3n) is 4.58. The second-order valence-corrected chi connectivity index (χ2v) is 6.17. The average Bonchev–Trinajstić information content (AvgIpc) is 3.09. The monoisotopic (exact) mass is 357 g/mol. The van der Waals surface area contributed by atoms with Crippen LogP contribution in [-0.2, 0) is 4.79 Å². The Morgan fingerprint density at radius 3 is 2.12 bits per heavy atom. The molecule has 0 saturated carbocycles. The molecule has 0 aromatic heterocycles. The molecule has 1 aliphatic rings. The van der Waals surface area contributed by atoms with Gasteiger partial charge in [-0.05, 0) is 42.5 Å². The van der Waals surface area contributed by atoms with Gasteiger partial charge in [-0.1, -0.05) is 66.7 Å². The topological polar surface area (TPSA) is 40.5 Å². The van der Waals surface area contributed by atoms with Crippen LogP contribution in [0.4, 0.5) is 0 Å². The summed E-state index contributed by atoms with van der Waals surface area (Å²) in [6.45, 7) is 1.68. The maximum atomic E-state index is 11.3. The molecule has 0 unspecified atom stereocenters. The molecule has 4 heteroatoms. The van der Waals surface area contributed by atoms with Crippen molar-refractivity contribution in [2.24, 2.45) is 0 Å². The van der Waals surface area contributed by atoms with Gasteiger partial charge in [-0.2, -0.15) is 0 Å². The van der Waals surface area contributed by atoms with Crippen molar-refractivity contribution in [1.82, 2.24) is 4.90 Å². The van der Waals surface area contributed by atoms with Crippen LogP contribution < -0.4 is 0 Å². The number of carboxylic acid groups (broad SMARTS) is 1. The van der Waals surface area contributed by atoms with E-state index in [9.17, 15) is 9.90 Å². The molecule has 1 fully saturated rings. The first kappa shape index (κ1) is 19.2. The smallest absolute Gasteiger partial charge is 0.320 e. The number of benzene rings is 2. The van der Waals surface area contributed by atoms with Crippen molar-refractivity contribution < 1.29 is 9.90 Å². The van der Waals surface area contributed by atoms with E-state index in [1.54, 1.807) is 0 Å². The summed E-state index contributed by atoms with van der Waals surface area (Å²) in [6.07, 6.45) is 4.83. The van der Waals surface area contributed by atoms with Crippen LogP contribution in [0.5, 0.6) is 0 Å². The Morgan fingerprint density at radius 1 is 1.04 bits per heavy atom. The number of rotatable bonds is 6. The second kappa shape index (κ2) is 9.40. The number of aliphatic carboxylic acids is 1. The lowest BCUT2D eigenvalue weighted by molar-refractivity contribution is -0.142. The maximum Gasteiger partial charge on any atom is 0.320 e. The SMILES string of the molecule is Cl.O=C(O)[C@H]1CCCN1CCC=C(c1ccccc1)c1ccccc1. The number of carbonyl (C=O) groups is 1. The largest absolute Gasteiger partial charge is 0.480 e. The highest BCUT2D eigenvalue weighted by Crippen LogP contribution is 2.24. The van der Waals surface area contributed by atoms with Gasteiger partial charge in [-0.25, -0.2) is 0 Å². The number of hydrogen-bond donors (Lipinski definition) is 1. The minimum Gasteiger partial charge on any atom is -0.480 e. The lowest BCUT2D eigenvalue weighted by Gasteiger charge is -2.20. The van der Waals surface area contributed by atoms with Crippen LogP contribution in [0.15, 0.2) is 66.7 Å². The van der Waals surface area contributed by atoms with E-state index in [0.717, 1.165) is 32.4 Å². The molecule has 132 valence electrons. The van der Waals surface area contributed by atoms with Crippen molar-refractivity contribution in [3.05, 3.63) is 77.9 Å². The van der Waals surface area contributed by atoms with Crippen molar-refractivity contribution >= 4 is 23.9 Å². The van der Waals surface area contributed by atoms with E-state index in [-0.39, 0.29) is 18.4 Å². The van der Waals surface area contributed by atoms with E-state index >= 15 is 0 Å². The Labute approximate surface area is 155 Å². The van der Waals surface area contributed by atoms with E-state index in [1.807, 2.05) is 36.4 Å². The predicted octanol–water partition coefficient (Wildman–Crippen LogP) is 4.48. The highest BCUT2D eigenvalue weighted by Gasteiger charge is 2.29. The maximum absolute atomic E-state index is 11.3. The molecule has 1 aliphatic heterocycles. The molecule has 25 heavy (non-hydrogen) atoms. The van der Waals surface area contributed by atoms with Crippen LogP contribution in [0.1, 0.15) is 30.4 Å². The van der Waals surface area contributed by atoms with Crippen molar-refractivity contribution in [3.63, 3.8) is 0 Å². The molecule has 2 aromatic carbocycles. The lowest BCUT2D eigenvalue weighted by Crippen LogP contribution is -2.36. The molecule has 0 amide bonds. The fourth-order valence-electron chi connectivity index (χ4n) is 3.39. The Balaban J connectivity index is 0.00000225. The number of halogens is 1. The van der Waals surface area contributed by atoms with E-state index in [0.29, 0.717) is 0 Å². The summed E-state index contributed by atoms with van der Waals surface area (Å²) < 4.78 is 0. The van der Waals surface area contributed by atoms with Gasteiger partial charge in [-0.3, -0.25) is 9.69 Å². The zero-order valence-corrected chi connectivity index (χ0v) is 15.0. The van der Waals surface area contributed by atoms with Gasteiger partial charge in [0.2, 0.25) is 0 Å². The molecular formula is C21H24ClNO2. The molecule has 1 heterocycles. The molecule has 3 nitrogen and oxygen atoms in total. The highest BCUT2D eigenvalue weighted by atomic mass is 35.5. The van der Waals surface area contributed by atoms with Crippen LogP contribution in [0.25, 0.3) is 5.57 Å². The standard InChI is InChI=1S/C21H23NO2.ClH/c23-21(24)20-14-8-16-22(20)15-7-13-19(17-9-3-1-4-10-17)18-11-5-2-6-12-18;/h1-6,9-13,20H,7-8,14-16H2,(H,23,24);1H/t20-;/m1./s1. The fraction of sp³-hybridized carbons (Fsp3) is 0.286. The summed E-state index contributed by atoms with van der Waals surface area (Å²) in [5.41, 5.74) is 3.60. The van der Waals surface area contributed by atoms with Crippen molar-refractivity contribution in [1.29, 1.82) is 0 Å². The molecule has 3 rings (SSSR count). The minimum atomic E-state index is -0.692. The minimum absolute atomic E-state index is 0. The number of hydrogen-bond acceptors (Lipinski definition) is 2. The molecule has 1 N–H and O–H groups in total. The Morgan fingerprint density at radius 2 is 1.60 bits per heavy atom. The second-order valence-electron chi connectivity index (χ2n) is 6.17. The highest BCUT2D eigenvalue weighted by molar-refractivity contribution is 5.85. The third kappa shape index (κ3) is 4.94. The van der Waals surface area contributed by atoms with Crippen LogP contribution in [-0.4, -0.2) is 35.1 Å². The van der Waals surface area contributed by atoms with Gasteiger partial charge >= 0.3 is 5.97 Å². The lowest BCUT2D eigenvalue weighted by atomic mass is 9.97.